The van der Waals surface area contributed by atoms with Crippen LogP contribution in [-0.4, -0.2) is 13.4 Å². The Bertz CT molecular complexity index is 776. The van der Waals surface area contributed by atoms with Crippen molar-refractivity contribution in [3.63, 3.8) is 0 Å². The van der Waals surface area contributed by atoms with Gasteiger partial charge in [-0.25, -0.2) is 8.42 Å². The first-order valence-corrected chi connectivity index (χ1v) is 8.55. The van der Waals surface area contributed by atoms with Gasteiger partial charge in [-0.1, -0.05) is 6.07 Å². The fourth-order valence-corrected chi connectivity index (χ4v) is 4.08. The lowest BCUT2D eigenvalue weighted by Gasteiger charge is -2.13. The molecule has 1 heterocycles. The summed E-state index contributed by atoms with van der Waals surface area (Å²) in [6, 6.07) is 5.18. The largest absolute Gasteiger partial charge is 0.326 e. The molecule has 112 valence electrons. The topological polar surface area (TPSA) is 85.1 Å². The van der Waals surface area contributed by atoms with Crippen molar-refractivity contribution in [2.75, 3.05) is 4.72 Å². The number of nitrogens with two attached hydrogens (primary N) is 1. The number of aromatic nitrogens is 1. The summed E-state index contributed by atoms with van der Waals surface area (Å²) in [6.07, 6.45) is 3.10. The van der Waals surface area contributed by atoms with E-state index in [-0.39, 0.29) is 11.4 Å². The molecule has 0 amide bonds. The summed E-state index contributed by atoms with van der Waals surface area (Å²) in [5.74, 6) is 0. The van der Waals surface area contributed by atoms with Crippen molar-refractivity contribution < 1.29 is 8.42 Å². The highest BCUT2D eigenvalue weighted by atomic mass is 79.9. The van der Waals surface area contributed by atoms with E-state index in [9.17, 15) is 8.42 Å². The molecular formula is C14H16BrN3O2S. The Hall–Kier alpha value is -1.44. The van der Waals surface area contributed by atoms with Crippen LogP contribution in [0.15, 0.2) is 40.0 Å². The minimum atomic E-state index is -3.71. The highest BCUT2D eigenvalue weighted by molar-refractivity contribution is 9.10. The molecule has 0 aliphatic rings. The maximum atomic E-state index is 12.6. The minimum Gasteiger partial charge on any atom is -0.326 e. The van der Waals surface area contributed by atoms with E-state index in [0.29, 0.717) is 10.2 Å². The van der Waals surface area contributed by atoms with Crippen molar-refractivity contribution in [2.45, 2.75) is 25.3 Å². The van der Waals surface area contributed by atoms with Crippen molar-refractivity contribution in [3.8, 4) is 0 Å². The van der Waals surface area contributed by atoms with E-state index in [0.717, 1.165) is 16.7 Å². The van der Waals surface area contributed by atoms with Crippen LogP contribution in [0.4, 0.5) is 5.69 Å². The molecular weight excluding hydrogens is 354 g/mol. The third kappa shape index (κ3) is 3.42. The number of nitrogens with one attached hydrogen (secondary N) is 1. The van der Waals surface area contributed by atoms with Gasteiger partial charge in [0.15, 0.2) is 0 Å². The third-order valence-corrected chi connectivity index (χ3v) is 5.79. The number of anilines is 1. The van der Waals surface area contributed by atoms with E-state index in [2.05, 4.69) is 25.6 Å². The fourth-order valence-electron chi connectivity index (χ4n) is 1.89. The van der Waals surface area contributed by atoms with E-state index in [1.165, 1.54) is 6.20 Å². The SMILES string of the molecule is Cc1ccncc1NS(=O)(=O)c1cc(CN)cc(C)c1Br. The van der Waals surface area contributed by atoms with Crippen LogP contribution in [0.3, 0.4) is 0 Å². The molecule has 1 aromatic carbocycles. The van der Waals surface area contributed by atoms with Gasteiger partial charge in [0.1, 0.15) is 4.90 Å². The maximum absolute atomic E-state index is 12.6. The van der Waals surface area contributed by atoms with Crippen LogP contribution in [0, 0.1) is 13.8 Å². The summed E-state index contributed by atoms with van der Waals surface area (Å²) in [6.45, 7) is 3.93. The molecule has 2 aromatic rings. The Kier molecular flexibility index (Phi) is 4.65. The first-order chi connectivity index (χ1) is 9.85. The van der Waals surface area contributed by atoms with Gasteiger partial charge >= 0.3 is 0 Å². The van der Waals surface area contributed by atoms with Crippen LogP contribution in [-0.2, 0) is 16.6 Å². The monoisotopic (exact) mass is 369 g/mol. The summed E-state index contributed by atoms with van der Waals surface area (Å²) >= 11 is 3.34. The van der Waals surface area contributed by atoms with Crippen molar-refractivity contribution in [1.29, 1.82) is 0 Å². The minimum absolute atomic E-state index is 0.172. The molecule has 5 nitrogen and oxygen atoms in total. The predicted molar refractivity (Wildman–Crippen MR) is 86.6 cm³/mol. The number of halogens is 1. The molecule has 0 aliphatic carbocycles. The summed E-state index contributed by atoms with van der Waals surface area (Å²) < 4.78 is 28.3. The van der Waals surface area contributed by atoms with Gasteiger partial charge in [0.05, 0.1) is 11.9 Å². The van der Waals surface area contributed by atoms with Crippen LogP contribution in [0.2, 0.25) is 0 Å². The Morgan fingerprint density at radius 1 is 1.29 bits per heavy atom. The quantitative estimate of drug-likeness (QED) is 0.867. The lowest BCUT2D eigenvalue weighted by molar-refractivity contribution is 0.600. The lowest BCUT2D eigenvalue weighted by Crippen LogP contribution is -2.15. The Labute approximate surface area is 132 Å². The number of sulfonamides is 1. The first kappa shape index (κ1) is 15.9. The Balaban J connectivity index is 2.50. The van der Waals surface area contributed by atoms with E-state index in [4.69, 9.17) is 5.73 Å². The van der Waals surface area contributed by atoms with Gasteiger partial charge in [-0.2, -0.15) is 0 Å². The molecule has 0 aliphatic heterocycles. The Morgan fingerprint density at radius 3 is 2.62 bits per heavy atom. The maximum Gasteiger partial charge on any atom is 0.263 e. The molecule has 0 atom stereocenters. The number of benzene rings is 1. The number of nitrogens with zero attached hydrogens (tertiary/aromatic N) is 1. The van der Waals surface area contributed by atoms with Gasteiger partial charge in [0, 0.05) is 17.2 Å². The summed E-state index contributed by atoms with van der Waals surface area (Å²) in [5.41, 5.74) is 8.46. The number of rotatable bonds is 4. The molecule has 2 rings (SSSR count). The summed E-state index contributed by atoms with van der Waals surface area (Å²) in [4.78, 5) is 4.11. The van der Waals surface area contributed by atoms with Crippen LogP contribution < -0.4 is 10.5 Å². The van der Waals surface area contributed by atoms with E-state index < -0.39 is 10.0 Å². The first-order valence-electron chi connectivity index (χ1n) is 6.27. The van der Waals surface area contributed by atoms with Crippen LogP contribution >= 0.6 is 15.9 Å². The average molecular weight is 370 g/mol. The van der Waals surface area contributed by atoms with Crippen molar-refractivity contribution in [3.05, 3.63) is 51.8 Å². The van der Waals surface area contributed by atoms with Crippen molar-refractivity contribution in [2.24, 2.45) is 5.73 Å². The second kappa shape index (κ2) is 6.13. The smallest absolute Gasteiger partial charge is 0.263 e. The molecule has 1 aromatic heterocycles. The van der Waals surface area contributed by atoms with Crippen molar-refractivity contribution >= 4 is 31.6 Å². The zero-order valence-electron chi connectivity index (χ0n) is 11.7. The van der Waals surface area contributed by atoms with Crippen LogP contribution in [0.25, 0.3) is 0 Å². The molecule has 0 spiro atoms. The molecule has 0 fully saturated rings. The zero-order valence-corrected chi connectivity index (χ0v) is 14.1. The molecule has 3 N–H and O–H groups in total. The highest BCUT2D eigenvalue weighted by Crippen LogP contribution is 2.29. The number of hydrogen-bond acceptors (Lipinski definition) is 4. The second-order valence-electron chi connectivity index (χ2n) is 4.73. The normalized spacial score (nSPS) is 11.4. The van der Waals surface area contributed by atoms with Gasteiger partial charge in [0.2, 0.25) is 0 Å². The van der Waals surface area contributed by atoms with Gasteiger partial charge in [-0.05, 0) is 58.6 Å². The second-order valence-corrected chi connectivity index (χ2v) is 7.17. The molecule has 0 saturated carbocycles. The number of hydrogen-bond donors (Lipinski definition) is 2. The molecule has 0 radical (unpaired) electrons. The zero-order chi connectivity index (χ0) is 15.6. The lowest BCUT2D eigenvalue weighted by atomic mass is 10.1. The van der Waals surface area contributed by atoms with Gasteiger partial charge < -0.3 is 5.73 Å². The highest BCUT2D eigenvalue weighted by Gasteiger charge is 2.20. The molecule has 21 heavy (non-hydrogen) atoms. The van der Waals surface area contributed by atoms with Crippen LogP contribution in [0.1, 0.15) is 16.7 Å². The molecule has 0 unspecified atom stereocenters. The Morgan fingerprint density at radius 2 is 2.00 bits per heavy atom. The predicted octanol–water partition coefficient (Wildman–Crippen LogP) is 2.72. The number of aryl methyl sites for hydroxylation is 2. The van der Waals surface area contributed by atoms with E-state index >= 15 is 0 Å². The van der Waals surface area contributed by atoms with Crippen LogP contribution in [0.5, 0.6) is 0 Å². The van der Waals surface area contributed by atoms with Gasteiger partial charge in [0.25, 0.3) is 10.0 Å². The summed E-state index contributed by atoms with van der Waals surface area (Å²) in [7, 11) is -3.71. The third-order valence-electron chi connectivity index (χ3n) is 3.09. The molecule has 0 saturated heterocycles. The average Bonchev–Trinajstić information content (AvgIpc) is 2.43. The van der Waals surface area contributed by atoms with E-state index in [1.54, 1.807) is 18.3 Å². The fraction of sp³-hybridized carbons (Fsp3) is 0.214. The number of pyridine rings is 1. The van der Waals surface area contributed by atoms with Crippen molar-refractivity contribution in [1.82, 2.24) is 4.98 Å². The van der Waals surface area contributed by atoms with E-state index in [1.807, 2.05) is 19.9 Å². The molecule has 0 bridgehead atoms. The summed E-state index contributed by atoms with van der Waals surface area (Å²) in [5, 5.41) is 0. The van der Waals surface area contributed by atoms with Gasteiger partial charge in [-0.15, -0.1) is 0 Å². The standard InChI is InChI=1S/C14H16BrN3O2S/c1-9-3-4-17-8-12(9)18-21(19,20)13-6-11(7-16)5-10(2)14(13)15/h3-6,8,18H,7,16H2,1-2H3. The van der Waals surface area contributed by atoms with Gasteiger partial charge in [-0.3, -0.25) is 9.71 Å². The molecule has 7 heteroatoms.